The van der Waals surface area contributed by atoms with E-state index in [2.05, 4.69) is 36.8 Å². The van der Waals surface area contributed by atoms with Gasteiger partial charge in [-0.1, -0.05) is 44.0 Å². The van der Waals surface area contributed by atoms with Crippen molar-refractivity contribution in [2.45, 2.75) is 0 Å². The molecule has 0 bridgehead atoms. The van der Waals surface area contributed by atoms with Gasteiger partial charge < -0.3 is 10.0 Å². The van der Waals surface area contributed by atoms with Crippen LogP contribution in [0, 0.1) is 0 Å². The van der Waals surface area contributed by atoms with E-state index in [4.69, 9.17) is 10.0 Å². The molecule has 0 unspecified atom stereocenters. The topological polar surface area (TPSA) is 53.4 Å². The third kappa shape index (κ3) is 2.77. The van der Waals surface area contributed by atoms with Crippen LogP contribution in [-0.2, 0) is 0 Å². The largest absolute Gasteiger partial charge is 0.508 e. The fourth-order valence-electron chi connectivity index (χ4n) is 1.48. The average molecular weight is 357 g/mol. The first-order valence-corrected chi connectivity index (χ1v) is 6.45. The maximum absolute atomic E-state index is 9.10. The Morgan fingerprint density at radius 3 is 2.12 bits per heavy atom. The summed E-state index contributed by atoms with van der Waals surface area (Å²) in [4.78, 5) is 4.20. The summed E-state index contributed by atoms with van der Waals surface area (Å²) in [5.41, 5.74) is 1.79. The van der Waals surface area contributed by atoms with Gasteiger partial charge in [0.05, 0.1) is 11.3 Å². The number of nitrogens with zero attached hydrogens (tertiary/aromatic N) is 1. The van der Waals surface area contributed by atoms with E-state index in [1.165, 1.54) is 0 Å². The number of hydrogen-bond acceptors (Lipinski definition) is 3. The zero-order valence-electron chi connectivity index (χ0n) is 8.64. The molecule has 2 aromatic rings. The van der Waals surface area contributed by atoms with Gasteiger partial charge >= 0.3 is 7.12 Å². The molecule has 2 rings (SSSR count). The Morgan fingerprint density at radius 1 is 0.941 bits per heavy atom. The molecule has 0 saturated heterocycles. The molecule has 2 N–H and O–H groups in total. The molecule has 0 radical (unpaired) electrons. The van der Waals surface area contributed by atoms with Gasteiger partial charge in [0.1, 0.15) is 0 Å². The Hall–Kier alpha value is -0.685. The Bertz CT molecular complexity index is 528. The monoisotopic (exact) mass is 355 g/mol. The molecule has 0 aliphatic rings. The highest BCUT2D eigenvalue weighted by Gasteiger charge is 2.15. The molecule has 86 valence electrons. The van der Waals surface area contributed by atoms with E-state index < -0.39 is 7.12 Å². The third-order valence-electron chi connectivity index (χ3n) is 2.25. The smallest absolute Gasteiger partial charge is 0.422 e. The molecule has 0 saturated carbocycles. The molecule has 0 fully saturated rings. The maximum Gasteiger partial charge on any atom is 0.508 e. The lowest BCUT2D eigenvalue weighted by Gasteiger charge is -2.08. The summed E-state index contributed by atoms with van der Waals surface area (Å²) >= 11 is 6.90. The summed E-state index contributed by atoms with van der Waals surface area (Å²) in [5.74, 6) is 0. The van der Waals surface area contributed by atoms with Gasteiger partial charge in [0.2, 0.25) is 0 Å². The first-order valence-electron chi connectivity index (χ1n) is 4.87. The van der Waals surface area contributed by atoms with Gasteiger partial charge in [0.15, 0.2) is 0 Å². The molecule has 0 spiro atoms. The summed E-state index contributed by atoms with van der Waals surface area (Å²) in [6.45, 7) is 0. The van der Waals surface area contributed by atoms with Crippen molar-refractivity contribution >= 4 is 44.6 Å². The van der Waals surface area contributed by atoms with E-state index in [0.29, 0.717) is 5.69 Å². The van der Waals surface area contributed by atoms with Crippen molar-refractivity contribution in [2.75, 3.05) is 0 Å². The molecule has 1 aromatic carbocycles. The Balaban J connectivity index is 2.57. The van der Waals surface area contributed by atoms with Crippen molar-refractivity contribution in [2.24, 2.45) is 0 Å². The summed E-state index contributed by atoms with van der Waals surface area (Å²) in [6, 6.07) is 10.8. The van der Waals surface area contributed by atoms with Crippen molar-refractivity contribution < 1.29 is 10.0 Å². The van der Waals surface area contributed by atoms with Crippen LogP contribution in [0.2, 0.25) is 0 Å². The summed E-state index contributed by atoms with van der Waals surface area (Å²) < 4.78 is 1.79. The number of halogens is 2. The Morgan fingerprint density at radius 2 is 1.53 bits per heavy atom. The standard InChI is InChI=1S/C11H8BBr2NO2/c13-7-3-1-4-8(14)11(7)9-5-2-6-10(15-9)12(16)17/h1-6,16-17H. The Kier molecular flexibility index (Phi) is 3.99. The first kappa shape index (κ1) is 12.8. The van der Waals surface area contributed by atoms with Gasteiger partial charge in [-0.3, -0.25) is 4.98 Å². The highest BCUT2D eigenvalue weighted by atomic mass is 79.9. The molecule has 0 amide bonds. The van der Waals surface area contributed by atoms with Gasteiger partial charge in [-0.2, -0.15) is 0 Å². The van der Waals surface area contributed by atoms with E-state index in [1.54, 1.807) is 12.1 Å². The molecule has 3 nitrogen and oxygen atoms in total. The van der Waals surface area contributed by atoms with Crippen molar-refractivity contribution in [3.63, 3.8) is 0 Å². The predicted molar refractivity (Wildman–Crippen MR) is 74.9 cm³/mol. The maximum atomic E-state index is 9.10. The van der Waals surface area contributed by atoms with Gasteiger partial charge in [0.25, 0.3) is 0 Å². The fourth-order valence-corrected chi connectivity index (χ4v) is 2.88. The fraction of sp³-hybridized carbons (Fsp3) is 0. The van der Waals surface area contributed by atoms with Crippen molar-refractivity contribution in [1.82, 2.24) is 4.98 Å². The molecule has 6 heteroatoms. The second-order valence-corrected chi connectivity index (χ2v) is 5.13. The lowest BCUT2D eigenvalue weighted by atomic mass is 9.85. The molecule has 1 heterocycles. The van der Waals surface area contributed by atoms with Crippen LogP contribution < -0.4 is 5.59 Å². The molecule has 17 heavy (non-hydrogen) atoms. The van der Waals surface area contributed by atoms with Gasteiger partial charge in [-0.25, -0.2) is 0 Å². The average Bonchev–Trinajstić information content (AvgIpc) is 2.29. The van der Waals surface area contributed by atoms with E-state index in [1.807, 2.05) is 24.3 Å². The second-order valence-electron chi connectivity index (χ2n) is 3.42. The normalized spacial score (nSPS) is 10.4. The van der Waals surface area contributed by atoms with Crippen molar-refractivity contribution in [3.8, 4) is 11.3 Å². The Labute approximate surface area is 116 Å². The van der Waals surface area contributed by atoms with Crippen LogP contribution in [0.25, 0.3) is 11.3 Å². The number of hydrogen-bond donors (Lipinski definition) is 2. The van der Waals surface area contributed by atoms with Crippen LogP contribution in [0.15, 0.2) is 45.3 Å². The number of aromatic nitrogens is 1. The van der Waals surface area contributed by atoms with Gasteiger partial charge in [-0.15, -0.1) is 0 Å². The number of benzene rings is 1. The van der Waals surface area contributed by atoms with Crippen LogP contribution in [0.1, 0.15) is 0 Å². The molecular formula is C11H8BBr2NO2. The van der Waals surface area contributed by atoms with Crippen LogP contribution in [0.5, 0.6) is 0 Å². The molecular weight excluding hydrogens is 349 g/mol. The van der Waals surface area contributed by atoms with Crippen LogP contribution in [-0.4, -0.2) is 22.2 Å². The SMILES string of the molecule is OB(O)c1cccc(-c2c(Br)cccc2Br)n1. The van der Waals surface area contributed by atoms with Crippen molar-refractivity contribution in [1.29, 1.82) is 0 Å². The minimum atomic E-state index is -1.56. The van der Waals surface area contributed by atoms with Crippen LogP contribution in [0.3, 0.4) is 0 Å². The highest BCUT2D eigenvalue weighted by molar-refractivity contribution is 9.11. The quantitative estimate of drug-likeness (QED) is 0.809. The zero-order valence-corrected chi connectivity index (χ0v) is 11.8. The molecule has 0 aliphatic carbocycles. The van der Waals surface area contributed by atoms with Crippen LogP contribution >= 0.6 is 31.9 Å². The first-order chi connectivity index (χ1) is 8.09. The van der Waals surface area contributed by atoms with E-state index in [0.717, 1.165) is 14.5 Å². The minimum Gasteiger partial charge on any atom is -0.422 e. The molecule has 1 aromatic heterocycles. The van der Waals surface area contributed by atoms with Gasteiger partial charge in [0, 0.05) is 14.5 Å². The molecule has 0 aliphatic heterocycles. The third-order valence-corrected chi connectivity index (χ3v) is 3.58. The second kappa shape index (κ2) is 5.31. The summed E-state index contributed by atoms with van der Waals surface area (Å²) in [7, 11) is -1.56. The summed E-state index contributed by atoms with van der Waals surface area (Å²) in [5, 5.41) is 18.2. The van der Waals surface area contributed by atoms with Crippen LogP contribution in [0.4, 0.5) is 0 Å². The lowest BCUT2D eigenvalue weighted by Crippen LogP contribution is -2.32. The predicted octanol–water partition coefficient (Wildman–Crippen LogP) is 1.95. The van der Waals surface area contributed by atoms with E-state index >= 15 is 0 Å². The van der Waals surface area contributed by atoms with E-state index in [-0.39, 0.29) is 5.59 Å². The minimum absolute atomic E-state index is 0.227. The molecule has 0 atom stereocenters. The van der Waals surface area contributed by atoms with E-state index in [9.17, 15) is 0 Å². The summed E-state index contributed by atoms with van der Waals surface area (Å²) in [6.07, 6.45) is 0. The highest BCUT2D eigenvalue weighted by Crippen LogP contribution is 2.33. The zero-order chi connectivity index (χ0) is 12.4. The number of rotatable bonds is 2. The van der Waals surface area contributed by atoms with Gasteiger partial charge in [-0.05, 0) is 24.3 Å². The van der Waals surface area contributed by atoms with Crippen molar-refractivity contribution in [3.05, 3.63) is 45.3 Å². The lowest BCUT2D eigenvalue weighted by molar-refractivity contribution is 0.424. The number of pyridine rings is 1.